The third-order valence-corrected chi connectivity index (χ3v) is 3.40. The number of nitrogens with one attached hydrogen (secondary N) is 1. The van der Waals surface area contributed by atoms with E-state index in [1.54, 1.807) is 29.3 Å². The molecule has 2 aromatic rings. The van der Waals surface area contributed by atoms with Crippen molar-refractivity contribution in [1.29, 1.82) is 0 Å². The van der Waals surface area contributed by atoms with Crippen LogP contribution in [0.3, 0.4) is 0 Å². The highest BCUT2D eigenvalue weighted by Crippen LogP contribution is 2.18. The number of carbonyl (C=O) groups excluding carboxylic acids is 1. The maximum atomic E-state index is 13.2. The molecule has 6 heteroatoms. The summed E-state index contributed by atoms with van der Waals surface area (Å²) in [6.45, 7) is 2.28. The number of nitrogens with zero attached hydrogens (tertiary/aromatic N) is 2. The third-order valence-electron chi connectivity index (χ3n) is 3.40. The van der Waals surface area contributed by atoms with Crippen molar-refractivity contribution < 1.29 is 13.9 Å². The first-order valence-corrected chi connectivity index (χ1v) is 7.07. The molecule has 0 saturated carbocycles. The monoisotopic (exact) mass is 301 g/mol. The van der Waals surface area contributed by atoms with Crippen molar-refractivity contribution in [2.24, 2.45) is 0 Å². The van der Waals surface area contributed by atoms with Gasteiger partial charge in [0.1, 0.15) is 5.82 Å². The van der Waals surface area contributed by atoms with E-state index in [1.165, 1.54) is 18.3 Å². The first kappa shape index (κ1) is 14.5. The molecule has 1 amide bonds. The average Bonchev–Trinajstić information content (AvgIpc) is 2.55. The maximum Gasteiger partial charge on any atom is 0.255 e. The number of anilines is 2. The van der Waals surface area contributed by atoms with E-state index in [0.717, 1.165) is 0 Å². The number of ether oxygens (including phenoxy) is 1. The Kier molecular flexibility index (Phi) is 4.29. The molecule has 0 atom stereocenters. The van der Waals surface area contributed by atoms with Crippen LogP contribution in [0.15, 0.2) is 42.7 Å². The van der Waals surface area contributed by atoms with E-state index in [-0.39, 0.29) is 11.7 Å². The van der Waals surface area contributed by atoms with Gasteiger partial charge in [0.05, 0.1) is 30.7 Å². The van der Waals surface area contributed by atoms with Crippen LogP contribution in [0.5, 0.6) is 0 Å². The molecule has 1 aromatic carbocycles. The Hall–Kier alpha value is -2.47. The van der Waals surface area contributed by atoms with Crippen LogP contribution in [-0.4, -0.2) is 42.1 Å². The van der Waals surface area contributed by atoms with Crippen molar-refractivity contribution in [2.45, 2.75) is 0 Å². The van der Waals surface area contributed by atoms with Crippen molar-refractivity contribution in [3.05, 3.63) is 54.1 Å². The van der Waals surface area contributed by atoms with Gasteiger partial charge < -0.3 is 15.0 Å². The van der Waals surface area contributed by atoms with Crippen molar-refractivity contribution in [3.63, 3.8) is 0 Å². The summed E-state index contributed by atoms with van der Waals surface area (Å²) in [6, 6.07) is 7.85. The Morgan fingerprint density at radius 3 is 2.77 bits per heavy atom. The van der Waals surface area contributed by atoms with Crippen LogP contribution >= 0.6 is 0 Å². The molecule has 3 rings (SSSR count). The summed E-state index contributed by atoms with van der Waals surface area (Å²) in [7, 11) is 0. The lowest BCUT2D eigenvalue weighted by atomic mass is 10.2. The minimum atomic E-state index is -0.321. The standard InChI is InChI=1S/C16H16FN3O2/c17-13-2-1-3-14(9-13)19-15-8-12(10-18-11-15)16(21)20-4-6-22-7-5-20/h1-3,8-11,19H,4-7H2. The van der Waals surface area contributed by atoms with Gasteiger partial charge >= 0.3 is 0 Å². The lowest BCUT2D eigenvalue weighted by Crippen LogP contribution is -2.40. The zero-order valence-corrected chi connectivity index (χ0v) is 12.0. The smallest absolute Gasteiger partial charge is 0.255 e. The quantitative estimate of drug-likeness (QED) is 0.946. The van der Waals surface area contributed by atoms with E-state index in [2.05, 4.69) is 10.3 Å². The average molecular weight is 301 g/mol. The Bertz CT molecular complexity index is 672. The summed E-state index contributed by atoms with van der Waals surface area (Å²) in [4.78, 5) is 18.2. The number of hydrogen-bond acceptors (Lipinski definition) is 4. The minimum Gasteiger partial charge on any atom is -0.378 e. The molecule has 1 saturated heterocycles. The van der Waals surface area contributed by atoms with Gasteiger partial charge in [0.25, 0.3) is 5.91 Å². The molecule has 0 radical (unpaired) electrons. The number of amides is 1. The van der Waals surface area contributed by atoms with E-state index < -0.39 is 0 Å². The number of rotatable bonds is 3. The number of halogens is 1. The highest BCUT2D eigenvalue weighted by atomic mass is 19.1. The van der Waals surface area contributed by atoms with Gasteiger partial charge in [-0.2, -0.15) is 0 Å². The van der Waals surface area contributed by atoms with Crippen LogP contribution in [0, 0.1) is 5.82 Å². The zero-order chi connectivity index (χ0) is 15.4. The van der Waals surface area contributed by atoms with E-state index >= 15 is 0 Å². The van der Waals surface area contributed by atoms with Crippen LogP contribution in [0.1, 0.15) is 10.4 Å². The van der Waals surface area contributed by atoms with E-state index in [1.807, 2.05) is 0 Å². The highest BCUT2D eigenvalue weighted by Gasteiger charge is 2.18. The van der Waals surface area contributed by atoms with Crippen LogP contribution in [0.25, 0.3) is 0 Å². The molecule has 1 fully saturated rings. The van der Waals surface area contributed by atoms with Gasteiger partial charge in [-0.1, -0.05) is 6.07 Å². The molecule has 2 heterocycles. The molecular formula is C16H16FN3O2. The molecule has 5 nitrogen and oxygen atoms in total. The SMILES string of the molecule is O=C(c1cncc(Nc2cccc(F)c2)c1)N1CCOCC1. The predicted molar refractivity (Wildman–Crippen MR) is 80.6 cm³/mol. The second-order valence-corrected chi connectivity index (χ2v) is 5.00. The van der Waals surface area contributed by atoms with Gasteiger partial charge in [-0.05, 0) is 24.3 Å². The Labute approximate surface area is 127 Å². The van der Waals surface area contributed by atoms with E-state index in [4.69, 9.17) is 4.74 Å². The molecule has 0 spiro atoms. The predicted octanol–water partition coefficient (Wildman–Crippen LogP) is 2.44. The Balaban J connectivity index is 1.75. The summed E-state index contributed by atoms with van der Waals surface area (Å²) in [5.41, 5.74) is 1.76. The summed E-state index contributed by atoms with van der Waals surface area (Å²) in [5, 5.41) is 3.04. The fourth-order valence-electron chi connectivity index (χ4n) is 2.31. The normalized spacial score (nSPS) is 14.7. The van der Waals surface area contributed by atoms with E-state index in [0.29, 0.717) is 43.2 Å². The zero-order valence-electron chi connectivity index (χ0n) is 12.0. The van der Waals surface area contributed by atoms with Crippen molar-refractivity contribution >= 4 is 17.3 Å². The molecule has 114 valence electrons. The third kappa shape index (κ3) is 3.40. The fraction of sp³-hybridized carbons (Fsp3) is 0.250. The van der Waals surface area contributed by atoms with Crippen LogP contribution < -0.4 is 5.32 Å². The van der Waals surface area contributed by atoms with Gasteiger partial charge in [-0.25, -0.2) is 4.39 Å². The van der Waals surface area contributed by atoms with E-state index in [9.17, 15) is 9.18 Å². The minimum absolute atomic E-state index is 0.0707. The van der Waals surface area contributed by atoms with Crippen LogP contribution in [-0.2, 0) is 4.74 Å². The Morgan fingerprint density at radius 1 is 1.18 bits per heavy atom. The first-order chi connectivity index (χ1) is 10.7. The summed E-state index contributed by atoms with van der Waals surface area (Å²) in [6.07, 6.45) is 3.13. The molecule has 1 aromatic heterocycles. The molecule has 1 aliphatic rings. The summed E-state index contributed by atoms with van der Waals surface area (Å²) >= 11 is 0. The number of pyridine rings is 1. The summed E-state index contributed by atoms with van der Waals surface area (Å²) in [5.74, 6) is -0.391. The Morgan fingerprint density at radius 2 is 2.00 bits per heavy atom. The second kappa shape index (κ2) is 6.53. The maximum absolute atomic E-state index is 13.2. The number of benzene rings is 1. The lowest BCUT2D eigenvalue weighted by Gasteiger charge is -2.26. The molecule has 0 aliphatic carbocycles. The molecule has 0 unspecified atom stereocenters. The number of carbonyl (C=O) groups is 1. The van der Waals surface area contributed by atoms with Gasteiger partial charge in [0.15, 0.2) is 0 Å². The van der Waals surface area contributed by atoms with Crippen molar-refractivity contribution in [3.8, 4) is 0 Å². The van der Waals surface area contributed by atoms with Gasteiger partial charge in [0, 0.05) is 25.0 Å². The summed E-state index contributed by atoms with van der Waals surface area (Å²) < 4.78 is 18.4. The van der Waals surface area contributed by atoms with Crippen molar-refractivity contribution in [1.82, 2.24) is 9.88 Å². The number of aromatic nitrogens is 1. The molecule has 1 N–H and O–H groups in total. The first-order valence-electron chi connectivity index (χ1n) is 7.07. The molecule has 1 aliphatic heterocycles. The second-order valence-electron chi connectivity index (χ2n) is 5.00. The molecular weight excluding hydrogens is 285 g/mol. The largest absolute Gasteiger partial charge is 0.378 e. The van der Waals surface area contributed by atoms with Crippen LogP contribution in [0.2, 0.25) is 0 Å². The van der Waals surface area contributed by atoms with Gasteiger partial charge in [0.2, 0.25) is 0 Å². The van der Waals surface area contributed by atoms with Gasteiger partial charge in [-0.15, -0.1) is 0 Å². The number of morpholine rings is 1. The molecule has 0 bridgehead atoms. The van der Waals surface area contributed by atoms with Crippen molar-refractivity contribution in [2.75, 3.05) is 31.6 Å². The van der Waals surface area contributed by atoms with Gasteiger partial charge in [-0.3, -0.25) is 9.78 Å². The highest BCUT2D eigenvalue weighted by molar-refractivity contribution is 5.95. The lowest BCUT2D eigenvalue weighted by molar-refractivity contribution is 0.0302. The van der Waals surface area contributed by atoms with Crippen LogP contribution in [0.4, 0.5) is 15.8 Å². The topological polar surface area (TPSA) is 54.5 Å². The number of hydrogen-bond donors (Lipinski definition) is 1. The fourth-order valence-corrected chi connectivity index (χ4v) is 2.31. The molecule has 22 heavy (non-hydrogen) atoms.